The van der Waals surface area contributed by atoms with Crippen LogP contribution >= 0.6 is 0 Å². The predicted octanol–water partition coefficient (Wildman–Crippen LogP) is 0.876. The average molecular weight is 236 g/mol. The fraction of sp³-hybridized carbons (Fsp3) is 0.500. The van der Waals surface area contributed by atoms with Gasteiger partial charge < -0.3 is 15.2 Å². The Kier molecular flexibility index (Phi) is 4.06. The molecule has 2 rings (SSSR count). The molecule has 0 saturated carbocycles. The Morgan fingerprint density at radius 3 is 3.00 bits per heavy atom. The van der Waals surface area contributed by atoms with E-state index in [2.05, 4.69) is 4.98 Å². The van der Waals surface area contributed by atoms with Crippen molar-refractivity contribution in [3.05, 3.63) is 29.6 Å². The molecule has 0 atom stereocenters. The second-order valence-electron chi connectivity index (χ2n) is 4.02. The van der Waals surface area contributed by atoms with Gasteiger partial charge in [-0.05, 0) is 18.9 Å². The molecule has 92 valence electrons. The standard InChI is InChI=1S/C12H16N2O3/c13-12(15)11-1-4-14-7-9(11)8-17-10-2-5-16-6-3-10/h1,4,7,10H,2-3,5-6,8H2,(H2,13,15). The van der Waals surface area contributed by atoms with Crippen LogP contribution in [0, 0.1) is 0 Å². The van der Waals surface area contributed by atoms with Crippen molar-refractivity contribution in [2.75, 3.05) is 13.2 Å². The number of amides is 1. The average Bonchev–Trinajstić information content (AvgIpc) is 2.38. The molecule has 0 spiro atoms. The maximum atomic E-state index is 11.2. The van der Waals surface area contributed by atoms with Crippen LogP contribution in [-0.4, -0.2) is 30.2 Å². The number of primary amides is 1. The fourth-order valence-electron chi connectivity index (χ4n) is 1.83. The highest BCUT2D eigenvalue weighted by Crippen LogP contribution is 2.14. The van der Waals surface area contributed by atoms with Crippen molar-refractivity contribution >= 4 is 5.91 Å². The first-order valence-corrected chi connectivity index (χ1v) is 5.69. The second-order valence-corrected chi connectivity index (χ2v) is 4.02. The van der Waals surface area contributed by atoms with Crippen molar-refractivity contribution in [2.24, 2.45) is 5.73 Å². The molecule has 0 aliphatic carbocycles. The van der Waals surface area contributed by atoms with Crippen molar-refractivity contribution in [2.45, 2.75) is 25.6 Å². The second kappa shape index (κ2) is 5.75. The number of nitrogens with two attached hydrogens (primary N) is 1. The summed E-state index contributed by atoms with van der Waals surface area (Å²) in [6, 6.07) is 1.62. The number of hydrogen-bond acceptors (Lipinski definition) is 4. The number of rotatable bonds is 4. The zero-order valence-electron chi connectivity index (χ0n) is 9.59. The van der Waals surface area contributed by atoms with E-state index >= 15 is 0 Å². The van der Waals surface area contributed by atoms with Crippen LogP contribution < -0.4 is 5.73 Å². The Morgan fingerprint density at radius 2 is 2.29 bits per heavy atom. The smallest absolute Gasteiger partial charge is 0.249 e. The molecule has 2 N–H and O–H groups in total. The Morgan fingerprint density at radius 1 is 1.53 bits per heavy atom. The van der Waals surface area contributed by atoms with E-state index in [-0.39, 0.29) is 6.10 Å². The summed E-state index contributed by atoms with van der Waals surface area (Å²) in [6.07, 6.45) is 5.17. The van der Waals surface area contributed by atoms with Crippen LogP contribution in [-0.2, 0) is 16.1 Å². The maximum absolute atomic E-state index is 11.2. The lowest BCUT2D eigenvalue weighted by Crippen LogP contribution is -2.24. The van der Waals surface area contributed by atoms with Crippen molar-refractivity contribution < 1.29 is 14.3 Å². The van der Waals surface area contributed by atoms with E-state index in [9.17, 15) is 4.79 Å². The van der Waals surface area contributed by atoms with Crippen LogP contribution in [0.25, 0.3) is 0 Å². The zero-order chi connectivity index (χ0) is 12.1. The van der Waals surface area contributed by atoms with E-state index in [1.807, 2.05) is 0 Å². The molecule has 17 heavy (non-hydrogen) atoms. The largest absolute Gasteiger partial charge is 0.381 e. The summed E-state index contributed by atoms with van der Waals surface area (Å²) < 4.78 is 11.0. The van der Waals surface area contributed by atoms with Gasteiger partial charge in [0.1, 0.15) is 0 Å². The van der Waals surface area contributed by atoms with E-state index in [0.29, 0.717) is 12.2 Å². The van der Waals surface area contributed by atoms with Crippen LogP contribution in [0.3, 0.4) is 0 Å². The molecule has 0 radical (unpaired) electrons. The Bertz CT molecular complexity index is 389. The van der Waals surface area contributed by atoms with Crippen LogP contribution in [0.4, 0.5) is 0 Å². The molecule has 1 aromatic rings. The summed E-state index contributed by atoms with van der Waals surface area (Å²) >= 11 is 0. The van der Waals surface area contributed by atoms with Gasteiger partial charge in [-0.15, -0.1) is 0 Å². The van der Waals surface area contributed by atoms with Crippen LogP contribution in [0.2, 0.25) is 0 Å². The first kappa shape index (κ1) is 12.0. The van der Waals surface area contributed by atoms with Gasteiger partial charge in [-0.3, -0.25) is 9.78 Å². The van der Waals surface area contributed by atoms with Gasteiger partial charge in [-0.2, -0.15) is 0 Å². The fourth-order valence-corrected chi connectivity index (χ4v) is 1.83. The summed E-state index contributed by atoms with van der Waals surface area (Å²) in [7, 11) is 0. The summed E-state index contributed by atoms with van der Waals surface area (Å²) in [5.74, 6) is -0.446. The number of aromatic nitrogens is 1. The lowest BCUT2D eigenvalue weighted by Gasteiger charge is -2.22. The third-order valence-corrected chi connectivity index (χ3v) is 2.81. The normalized spacial score (nSPS) is 16.9. The zero-order valence-corrected chi connectivity index (χ0v) is 9.59. The lowest BCUT2D eigenvalue weighted by atomic mass is 10.1. The van der Waals surface area contributed by atoms with Crippen molar-refractivity contribution in [1.82, 2.24) is 4.98 Å². The minimum Gasteiger partial charge on any atom is -0.381 e. The minimum atomic E-state index is -0.446. The van der Waals surface area contributed by atoms with Gasteiger partial charge in [0.05, 0.1) is 12.7 Å². The molecule has 1 aromatic heterocycles. The summed E-state index contributed by atoms with van der Waals surface area (Å²) in [5.41, 5.74) is 6.50. The summed E-state index contributed by atoms with van der Waals surface area (Å²) in [6.45, 7) is 1.84. The van der Waals surface area contributed by atoms with E-state index in [0.717, 1.165) is 31.6 Å². The first-order chi connectivity index (χ1) is 8.27. The molecule has 0 unspecified atom stereocenters. The van der Waals surface area contributed by atoms with E-state index in [1.54, 1.807) is 18.5 Å². The number of carbonyl (C=O) groups excluding carboxylic acids is 1. The van der Waals surface area contributed by atoms with Gasteiger partial charge in [-0.25, -0.2) is 0 Å². The number of nitrogens with zero attached hydrogens (tertiary/aromatic N) is 1. The topological polar surface area (TPSA) is 74.4 Å². The molecule has 0 aromatic carbocycles. The molecule has 1 fully saturated rings. The van der Waals surface area contributed by atoms with Gasteiger partial charge in [0, 0.05) is 36.7 Å². The van der Waals surface area contributed by atoms with Gasteiger partial charge in [0.15, 0.2) is 0 Å². The highest BCUT2D eigenvalue weighted by Gasteiger charge is 2.15. The van der Waals surface area contributed by atoms with Crippen molar-refractivity contribution in [3.8, 4) is 0 Å². The van der Waals surface area contributed by atoms with Crippen LogP contribution in [0.15, 0.2) is 18.5 Å². The van der Waals surface area contributed by atoms with E-state index in [4.69, 9.17) is 15.2 Å². The summed E-state index contributed by atoms with van der Waals surface area (Å²) in [5, 5.41) is 0. The molecular weight excluding hydrogens is 220 g/mol. The van der Waals surface area contributed by atoms with Crippen LogP contribution in [0.5, 0.6) is 0 Å². The van der Waals surface area contributed by atoms with Gasteiger partial charge in [0.2, 0.25) is 5.91 Å². The number of pyridine rings is 1. The van der Waals surface area contributed by atoms with Crippen LogP contribution in [0.1, 0.15) is 28.8 Å². The van der Waals surface area contributed by atoms with Gasteiger partial charge in [0.25, 0.3) is 0 Å². The van der Waals surface area contributed by atoms with Crippen molar-refractivity contribution in [1.29, 1.82) is 0 Å². The van der Waals surface area contributed by atoms with Gasteiger partial charge in [-0.1, -0.05) is 0 Å². The predicted molar refractivity (Wildman–Crippen MR) is 61.4 cm³/mol. The summed E-state index contributed by atoms with van der Waals surface area (Å²) in [4.78, 5) is 15.2. The monoisotopic (exact) mass is 236 g/mol. The molecule has 0 bridgehead atoms. The number of ether oxygens (including phenoxy) is 2. The van der Waals surface area contributed by atoms with E-state index < -0.39 is 5.91 Å². The quantitative estimate of drug-likeness (QED) is 0.842. The Labute approximate surface area is 99.9 Å². The molecule has 1 amide bonds. The molecule has 5 heteroatoms. The third kappa shape index (κ3) is 3.25. The maximum Gasteiger partial charge on any atom is 0.249 e. The Hall–Kier alpha value is -1.46. The molecule has 5 nitrogen and oxygen atoms in total. The highest BCUT2D eigenvalue weighted by atomic mass is 16.5. The highest BCUT2D eigenvalue weighted by molar-refractivity contribution is 5.94. The third-order valence-electron chi connectivity index (χ3n) is 2.81. The minimum absolute atomic E-state index is 0.199. The van der Waals surface area contributed by atoms with Gasteiger partial charge >= 0.3 is 0 Å². The number of carbonyl (C=O) groups is 1. The van der Waals surface area contributed by atoms with Crippen molar-refractivity contribution in [3.63, 3.8) is 0 Å². The number of hydrogen-bond donors (Lipinski definition) is 1. The first-order valence-electron chi connectivity index (χ1n) is 5.69. The molecule has 1 aliphatic heterocycles. The van der Waals surface area contributed by atoms with E-state index in [1.165, 1.54) is 0 Å². The lowest BCUT2D eigenvalue weighted by molar-refractivity contribution is -0.0392. The molecular formula is C12H16N2O3. The SMILES string of the molecule is NC(=O)c1ccncc1COC1CCOCC1. The molecule has 2 heterocycles. The Balaban J connectivity index is 1.96. The molecule has 1 saturated heterocycles. The molecule has 1 aliphatic rings.